The molecule has 1 saturated heterocycles. The van der Waals surface area contributed by atoms with Gasteiger partial charge < -0.3 is 9.42 Å². The Labute approximate surface area is 185 Å². The van der Waals surface area contributed by atoms with Crippen LogP contribution in [0, 0.1) is 18.3 Å². The molecule has 0 saturated carbocycles. The van der Waals surface area contributed by atoms with Crippen LogP contribution in [0.5, 0.6) is 0 Å². The number of piperidine rings is 1. The van der Waals surface area contributed by atoms with E-state index in [1.165, 1.54) is 12.1 Å². The first-order valence-electron chi connectivity index (χ1n) is 10.1. The van der Waals surface area contributed by atoms with Gasteiger partial charge in [0, 0.05) is 18.7 Å². The zero-order chi connectivity index (χ0) is 22.7. The van der Waals surface area contributed by atoms with Gasteiger partial charge in [0.05, 0.1) is 22.2 Å². The Hall–Kier alpha value is -3.71. The van der Waals surface area contributed by atoms with Crippen molar-refractivity contribution in [3.05, 3.63) is 59.5 Å². The summed E-state index contributed by atoms with van der Waals surface area (Å²) in [6, 6.07) is 12.9. The zero-order valence-electron chi connectivity index (χ0n) is 17.4. The Balaban J connectivity index is 1.61. The molecule has 10 heteroatoms. The van der Waals surface area contributed by atoms with Gasteiger partial charge in [-0.1, -0.05) is 23.4 Å². The van der Waals surface area contributed by atoms with E-state index in [1.807, 2.05) is 6.07 Å². The Kier molecular flexibility index (Phi) is 5.92. The number of benzene rings is 2. The van der Waals surface area contributed by atoms with Gasteiger partial charge in [-0.05, 0) is 56.0 Å². The van der Waals surface area contributed by atoms with Crippen LogP contribution in [0.15, 0.2) is 51.9 Å². The number of carbonyl (C=O) groups excluding carboxylic acids is 1. The molecule has 2 aromatic carbocycles. The molecule has 1 amide bonds. The van der Waals surface area contributed by atoms with Crippen molar-refractivity contribution in [2.24, 2.45) is 0 Å². The van der Waals surface area contributed by atoms with Crippen molar-refractivity contribution in [2.75, 3.05) is 17.8 Å². The number of nitrogens with zero attached hydrogens (tertiary/aromatic N) is 4. The number of hydrogen-bond donors (Lipinski definition) is 1. The van der Waals surface area contributed by atoms with Crippen molar-refractivity contribution in [2.45, 2.75) is 31.1 Å². The summed E-state index contributed by atoms with van der Waals surface area (Å²) in [6.45, 7) is 2.98. The number of rotatable bonds is 5. The molecule has 0 aliphatic carbocycles. The van der Waals surface area contributed by atoms with Gasteiger partial charge in [-0.15, -0.1) is 0 Å². The van der Waals surface area contributed by atoms with Gasteiger partial charge in [-0.25, -0.2) is 8.42 Å². The summed E-state index contributed by atoms with van der Waals surface area (Å²) in [6.07, 6.45) is 2.97. The average Bonchev–Trinajstić information content (AvgIpc) is 3.29. The van der Waals surface area contributed by atoms with Crippen molar-refractivity contribution in [1.29, 1.82) is 5.26 Å². The fourth-order valence-electron chi connectivity index (χ4n) is 3.55. The largest absolute Gasteiger partial charge is 0.334 e. The fourth-order valence-corrected chi connectivity index (χ4v) is 4.87. The Morgan fingerprint density at radius 3 is 2.69 bits per heavy atom. The lowest BCUT2D eigenvalue weighted by Crippen LogP contribution is -2.35. The molecule has 9 nitrogen and oxygen atoms in total. The number of anilines is 1. The van der Waals surface area contributed by atoms with Crippen LogP contribution in [0.4, 0.5) is 5.69 Å². The molecule has 0 spiro atoms. The Morgan fingerprint density at radius 2 is 1.94 bits per heavy atom. The summed E-state index contributed by atoms with van der Waals surface area (Å²) in [5.74, 6) is -0.297. The molecule has 3 aromatic rings. The van der Waals surface area contributed by atoms with E-state index in [9.17, 15) is 13.2 Å². The summed E-state index contributed by atoms with van der Waals surface area (Å²) in [5, 5.41) is 12.9. The van der Waals surface area contributed by atoms with Crippen LogP contribution < -0.4 is 4.72 Å². The van der Waals surface area contributed by atoms with Gasteiger partial charge in [0.1, 0.15) is 0 Å². The second kappa shape index (κ2) is 8.80. The molecule has 1 aliphatic rings. The van der Waals surface area contributed by atoms with Crippen LogP contribution >= 0.6 is 0 Å². The number of nitrogens with one attached hydrogen (secondary N) is 1. The average molecular weight is 452 g/mol. The first kappa shape index (κ1) is 21.5. The van der Waals surface area contributed by atoms with Gasteiger partial charge >= 0.3 is 11.8 Å². The van der Waals surface area contributed by atoms with Crippen LogP contribution in [0.1, 0.15) is 41.1 Å². The maximum Gasteiger partial charge on any atom is 0.316 e. The summed E-state index contributed by atoms with van der Waals surface area (Å²) in [5.41, 5.74) is 1.55. The highest BCUT2D eigenvalue weighted by molar-refractivity contribution is 7.92. The number of aryl methyl sites for hydroxylation is 1. The van der Waals surface area contributed by atoms with E-state index in [0.717, 1.165) is 19.3 Å². The molecule has 1 N–H and O–H groups in total. The van der Waals surface area contributed by atoms with Crippen molar-refractivity contribution in [3.8, 4) is 17.5 Å². The standard InChI is InChI=1S/C22H21N5O4S/c1-15-8-9-17(20-24-21(31-25-20)22(28)27-10-3-2-4-11-27)13-19(15)32(29,30)26-18-7-5-6-16(12-18)14-23/h5-9,12-13,26H,2-4,10-11H2,1H3. The highest BCUT2D eigenvalue weighted by Crippen LogP contribution is 2.26. The molecule has 4 rings (SSSR count). The number of likely N-dealkylation sites (tertiary alicyclic amines) is 1. The summed E-state index contributed by atoms with van der Waals surface area (Å²) >= 11 is 0. The third kappa shape index (κ3) is 4.48. The van der Waals surface area contributed by atoms with Gasteiger partial charge in [0.15, 0.2) is 0 Å². The minimum absolute atomic E-state index is 0.0334. The number of hydrogen-bond acceptors (Lipinski definition) is 7. The molecule has 2 heterocycles. The maximum absolute atomic E-state index is 13.0. The van der Waals surface area contributed by atoms with Gasteiger partial charge in [0.25, 0.3) is 10.0 Å². The quantitative estimate of drug-likeness (QED) is 0.630. The van der Waals surface area contributed by atoms with Gasteiger partial charge in [-0.2, -0.15) is 10.2 Å². The molecule has 1 aromatic heterocycles. The molecule has 1 fully saturated rings. The Bertz CT molecular complexity index is 1300. The van der Waals surface area contributed by atoms with Crippen molar-refractivity contribution >= 4 is 21.6 Å². The first-order valence-corrected chi connectivity index (χ1v) is 11.6. The van der Waals surface area contributed by atoms with E-state index in [2.05, 4.69) is 14.9 Å². The molecule has 0 atom stereocenters. The number of amides is 1. The fraction of sp³-hybridized carbons (Fsp3) is 0.273. The third-order valence-electron chi connectivity index (χ3n) is 5.23. The second-order valence-electron chi connectivity index (χ2n) is 7.55. The van der Waals surface area contributed by atoms with E-state index >= 15 is 0 Å². The molecule has 0 bridgehead atoms. The number of sulfonamides is 1. The second-order valence-corrected chi connectivity index (χ2v) is 9.21. The molecular weight excluding hydrogens is 430 g/mol. The summed E-state index contributed by atoms with van der Waals surface area (Å²) < 4.78 is 33.7. The monoisotopic (exact) mass is 451 g/mol. The van der Waals surface area contributed by atoms with Crippen molar-refractivity contribution in [1.82, 2.24) is 15.0 Å². The van der Waals surface area contributed by atoms with E-state index in [0.29, 0.717) is 29.8 Å². The smallest absolute Gasteiger partial charge is 0.316 e. The van der Waals surface area contributed by atoms with E-state index in [4.69, 9.17) is 9.78 Å². The minimum atomic E-state index is -3.95. The van der Waals surface area contributed by atoms with Crippen LogP contribution in [0.2, 0.25) is 0 Å². The van der Waals surface area contributed by atoms with E-state index in [1.54, 1.807) is 42.2 Å². The highest BCUT2D eigenvalue weighted by Gasteiger charge is 2.25. The van der Waals surface area contributed by atoms with Gasteiger partial charge in [0.2, 0.25) is 5.82 Å². The zero-order valence-corrected chi connectivity index (χ0v) is 18.2. The first-order chi connectivity index (χ1) is 15.4. The predicted octanol–water partition coefficient (Wildman–Crippen LogP) is 3.34. The molecule has 32 heavy (non-hydrogen) atoms. The van der Waals surface area contributed by atoms with Gasteiger partial charge in [-0.3, -0.25) is 9.52 Å². The molecule has 164 valence electrons. The molecule has 0 radical (unpaired) electrons. The van der Waals surface area contributed by atoms with Crippen LogP contribution in [0.25, 0.3) is 11.4 Å². The number of carbonyl (C=O) groups is 1. The Morgan fingerprint density at radius 1 is 1.16 bits per heavy atom. The summed E-state index contributed by atoms with van der Waals surface area (Å²) in [4.78, 5) is 18.5. The lowest BCUT2D eigenvalue weighted by Gasteiger charge is -2.24. The van der Waals surface area contributed by atoms with Crippen molar-refractivity contribution in [3.63, 3.8) is 0 Å². The van der Waals surface area contributed by atoms with Crippen LogP contribution in [0.3, 0.4) is 0 Å². The maximum atomic E-state index is 13.0. The summed E-state index contributed by atoms with van der Waals surface area (Å²) in [7, 11) is -3.95. The van der Waals surface area contributed by atoms with E-state index in [-0.39, 0.29) is 28.2 Å². The SMILES string of the molecule is Cc1ccc(-c2noc(C(=O)N3CCCCC3)n2)cc1S(=O)(=O)Nc1cccc(C#N)c1. The van der Waals surface area contributed by atoms with Crippen LogP contribution in [-0.4, -0.2) is 42.5 Å². The number of nitriles is 1. The topological polar surface area (TPSA) is 129 Å². The minimum Gasteiger partial charge on any atom is -0.334 e. The number of aromatic nitrogens is 2. The van der Waals surface area contributed by atoms with E-state index < -0.39 is 10.0 Å². The highest BCUT2D eigenvalue weighted by atomic mass is 32.2. The molecule has 0 unspecified atom stereocenters. The molecule has 1 aliphatic heterocycles. The third-order valence-corrected chi connectivity index (χ3v) is 6.76. The predicted molar refractivity (Wildman–Crippen MR) is 116 cm³/mol. The lowest BCUT2D eigenvalue weighted by atomic mass is 10.1. The van der Waals surface area contributed by atoms with Crippen molar-refractivity contribution < 1.29 is 17.7 Å². The van der Waals surface area contributed by atoms with Crippen LogP contribution in [-0.2, 0) is 10.0 Å². The lowest BCUT2D eigenvalue weighted by molar-refractivity contribution is 0.0674. The normalized spacial score (nSPS) is 14.1. The molecular formula is C22H21N5O4S.